The van der Waals surface area contributed by atoms with Gasteiger partial charge in [0.25, 0.3) is 0 Å². The number of benzene rings is 1. The summed E-state index contributed by atoms with van der Waals surface area (Å²) in [4.78, 5) is 2.38. The van der Waals surface area contributed by atoms with Crippen molar-refractivity contribution in [3.8, 4) is 18.4 Å². The van der Waals surface area contributed by atoms with Gasteiger partial charge in [-0.25, -0.2) is 0 Å². The molecule has 0 unspecified atom stereocenters. The van der Waals surface area contributed by atoms with Crippen LogP contribution in [0, 0.1) is 23.7 Å². The Hall–Kier alpha value is -1.97. The van der Waals surface area contributed by atoms with E-state index >= 15 is 0 Å². The number of hydrogen-bond donors (Lipinski definition) is 1. The smallest absolute Gasteiger partial charge is 0.0991 e. The second-order valence-electron chi connectivity index (χ2n) is 4.83. The van der Waals surface area contributed by atoms with Gasteiger partial charge in [0.05, 0.1) is 11.6 Å². The first-order valence-corrected chi connectivity index (χ1v) is 6.75. The first-order chi connectivity index (χ1) is 9.33. The molecule has 0 aliphatic carbocycles. The quantitative estimate of drug-likeness (QED) is 0.660. The highest BCUT2D eigenvalue weighted by Crippen LogP contribution is 2.20. The van der Waals surface area contributed by atoms with E-state index < -0.39 is 0 Å². The van der Waals surface area contributed by atoms with E-state index in [4.69, 9.17) is 11.7 Å². The number of nitriles is 1. The maximum Gasteiger partial charge on any atom is 0.0991 e. The first-order valence-electron chi connectivity index (χ1n) is 6.75. The third-order valence-electron chi connectivity index (χ3n) is 3.56. The van der Waals surface area contributed by atoms with Gasteiger partial charge >= 0.3 is 0 Å². The Morgan fingerprint density at radius 3 is 2.53 bits per heavy atom. The van der Waals surface area contributed by atoms with Crippen molar-refractivity contribution in [2.24, 2.45) is 0 Å². The van der Waals surface area contributed by atoms with E-state index in [-0.39, 0.29) is 0 Å². The number of nitrogens with one attached hydrogen (secondary N) is 1. The van der Waals surface area contributed by atoms with Gasteiger partial charge in [-0.1, -0.05) is 0 Å². The van der Waals surface area contributed by atoms with Gasteiger partial charge in [-0.05, 0) is 37.1 Å². The summed E-state index contributed by atoms with van der Waals surface area (Å²) in [6, 6.07) is 10.6. The second kappa shape index (κ2) is 6.83. The van der Waals surface area contributed by atoms with E-state index in [0.29, 0.717) is 6.04 Å². The number of piperidine rings is 1. The molecule has 0 amide bonds. The highest BCUT2D eigenvalue weighted by Gasteiger charge is 2.18. The largest absolute Gasteiger partial charge is 0.371 e. The summed E-state index contributed by atoms with van der Waals surface area (Å²) in [6.45, 7) is 3.03. The molecule has 1 aromatic rings. The zero-order valence-electron chi connectivity index (χ0n) is 11.1. The first kappa shape index (κ1) is 13.5. The molecule has 0 radical (unpaired) electrons. The highest BCUT2D eigenvalue weighted by atomic mass is 15.1. The molecule has 98 valence electrons. The molecule has 0 bridgehead atoms. The van der Waals surface area contributed by atoms with E-state index in [9.17, 15) is 0 Å². The Kier molecular flexibility index (Phi) is 4.84. The molecule has 1 aliphatic rings. The van der Waals surface area contributed by atoms with Gasteiger partial charge in [0.2, 0.25) is 0 Å². The lowest BCUT2D eigenvalue weighted by atomic mass is 10.0. The fourth-order valence-electron chi connectivity index (χ4n) is 2.44. The average Bonchev–Trinajstić information content (AvgIpc) is 2.48. The third kappa shape index (κ3) is 3.74. The number of rotatable bonds is 4. The van der Waals surface area contributed by atoms with Crippen LogP contribution < -0.4 is 10.2 Å². The van der Waals surface area contributed by atoms with Gasteiger partial charge in [0.15, 0.2) is 0 Å². The van der Waals surface area contributed by atoms with Crippen molar-refractivity contribution in [1.29, 1.82) is 5.26 Å². The predicted octanol–water partition coefficient (Wildman–Crippen LogP) is 2.14. The normalized spacial score (nSPS) is 15.8. The third-order valence-corrected chi connectivity index (χ3v) is 3.56. The summed E-state index contributed by atoms with van der Waals surface area (Å²) < 4.78 is 0. The molecule has 1 saturated heterocycles. The molecule has 1 heterocycles. The van der Waals surface area contributed by atoms with Crippen LogP contribution in [0.25, 0.3) is 0 Å². The molecule has 1 fully saturated rings. The molecule has 1 N–H and O–H groups in total. The number of terminal acetylenes is 1. The summed E-state index contributed by atoms with van der Waals surface area (Å²) in [5.74, 6) is 2.65. The Bertz CT molecular complexity index is 470. The van der Waals surface area contributed by atoms with Gasteiger partial charge in [-0.3, -0.25) is 0 Å². The summed E-state index contributed by atoms with van der Waals surface area (Å²) in [7, 11) is 0. The van der Waals surface area contributed by atoms with Crippen LogP contribution in [0.5, 0.6) is 0 Å². The van der Waals surface area contributed by atoms with Gasteiger partial charge in [-0.15, -0.1) is 12.3 Å². The summed E-state index contributed by atoms with van der Waals surface area (Å²) in [6.07, 6.45) is 8.33. The Balaban J connectivity index is 1.82. The average molecular weight is 253 g/mol. The van der Waals surface area contributed by atoms with Crippen LogP contribution in [-0.4, -0.2) is 25.7 Å². The molecular weight excluding hydrogens is 234 g/mol. The van der Waals surface area contributed by atoms with Crippen LogP contribution >= 0.6 is 0 Å². The topological polar surface area (TPSA) is 39.1 Å². The molecule has 0 atom stereocenters. The van der Waals surface area contributed by atoms with Crippen molar-refractivity contribution in [3.05, 3.63) is 29.8 Å². The van der Waals surface area contributed by atoms with E-state index in [2.05, 4.69) is 22.2 Å². The summed E-state index contributed by atoms with van der Waals surface area (Å²) in [5.41, 5.74) is 1.93. The molecule has 19 heavy (non-hydrogen) atoms. The molecular formula is C16H19N3. The zero-order chi connectivity index (χ0) is 13.5. The fourth-order valence-corrected chi connectivity index (χ4v) is 2.44. The highest BCUT2D eigenvalue weighted by molar-refractivity contribution is 5.49. The fraction of sp³-hybridized carbons (Fsp3) is 0.438. The lowest BCUT2D eigenvalue weighted by Crippen LogP contribution is -2.42. The summed E-state index contributed by atoms with van der Waals surface area (Å²) in [5, 5.41) is 12.3. The van der Waals surface area contributed by atoms with Crippen molar-refractivity contribution in [2.75, 3.05) is 24.5 Å². The van der Waals surface area contributed by atoms with Gasteiger partial charge < -0.3 is 10.2 Å². The van der Waals surface area contributed by atoms with Crippen LogP contribution in [-0.2, 0) is 0 Å². The minimum absolute atomic E-state index is 0.586. The number of hydrogen-bond acceptors (Lipinski definition) is 3. The van der Waals surface area contributed by atoms with Gasteiger partial charge in [0, 0.05) is 37.8 Å². The van der Waals surface area contributed by atoms with E-state index in [1.54, 1.807) is 0 Å². The van der Waals surface area contributed by atoms with Crippen LogP contribution in [0.15, 0.2) is 24.3 Å². The Labute approximate surface area is 115 Å². The maximum absolute atomic E-state index is 8.79. The number of nitrogens with zero attached hydrogens (tertiary/aromatic N) is 2. The molecule has 3 nitrogen and oxygen atoms in total. The standard InChI is InChI=1S/C16H19N3/c1-2-3-10-18-15-8-11-19(12-9-15)16-6-4-14(13-17)5-7-16/h1,4-7,15,18H,3,8-12H2. The van der Waals surface area contributed by atoms with Crippen LogP contribution in [0.4, 0.5) is 5.69 Å². The molecule has 0 spiro atoms. The van der Waals surface area contributed by atoms with Crippen LogP contribution in [0.3, 0.4) is 0 Å². The summed E-state index contributed by atoms with van der Waals surface area (Å²) >= 11 is 0. The van der Waals surface area contributed by atoms with E-state index in [1.807, 2.05) is 24.3 Å². The zero-order valence-corrected chi connectivity index (χ0v) is 11.1. The minimum Gasteiger partial charge on any atom is -0.371 e. The molecule has 0 saturated carbocycles. The van der Waals surface area contributed by atoms with Crippen molar-refractivity contribution >= 4 is 5.69 Å². The molecule has 3 heteroatoms. The lowest BCUT2D eigenvalue weighted by Gasteiger charge is -2.34. The monoisotopic (exact) mass is 253 g/mol. The lowest BCUT2D eigenvalue weighted by molar-refractivity contribution is 0.419. The Morgan fingerprint density at radius 2 is 1.95 bits per heavy atom. The molecule has 1 aliphatic heterocycles. The van der Waals surface area contributed by atoms with Gasteiger partial charge in [-0.2, -0.15) is 5.26 Å². The van der Waals surface area contributed by atoms with Crippen molar-refractivity contribution < 1.29 is 0 Å². The van der Waals surface area contributed by atoms with Crippen molar-refractivity contribution in [2.45, 2.75) is 25.3 Å². The molecule has 1 aromatic carbocycles. The van der Waals surface area contributed by atoms with Crippen LogP contribution in [0.1, 0.15) is 24.8 Å². The van der Waals surface area contributed by atoms with Crippen molar-refractivity contribution in [1.82, 2.24) is 5.32 Å². The minimum atomic E-state index is 0.586. The second-order valence-corrected chi connectivity index (χ2v) is 4.83. The van der Waals surface area contributed by atoms with Gasteiger partial charge in [0.1, 0.15) is 0 Å². The van der Waals surface area contributed by atoms with E-state index in [0.717, 1.165) is 44.5 Å². The number of anilines is 1. The predicted molar refractivity (Wildman–Crippen MR) is 77.8 cm³/mol. The molecule has 0 aromatic heterocycles. The van der Waals surface area contributed by atoms with Crippen LogP contribution in [0.2, 0.25) is 0 Å². The van der Waals surface area contributed by atoms with E-state index in [1.165, 1.54) is 5.69 Å². The SMILES string of the molecule is C#CCCNC1CCN(c2ccc(C#N)cc2)CC1. The molecule has 2 rings (SSSR count). The van der Waals surface area contributed by atoms with Crippen molar-refractivity contribution in [3.63, 3.8) is 0 Å². The Morgan fingerprint density at radius 1 is 1.26 bits per heavy atom. The maximum atomic E-state index is 8.79.